The molecule has 8 nitrogen and oxygen atoms in total. The molecule has 6 heterocycles. The van der Waals surface area contributed by atoms with Gasteiger partial charge in [0.1, 0.15) is 29.5 Å². The van der Waals surface area contributed by atoms with Gasteiger partial charge in [0.25, 0.3) is 0 Å². The summed E-state index contributed by atoms with van der Waals surface area (Å²) in [4.78, 5) is 19.3. The minimum atomic E-state index is -4.38. The number of halogens is 5. The van der Waals surface area contributed by atoms with Gasteiger partial charge in [-0.3, -0.25) is 4.90 Å². The summed E-state index contributed by atoms with van der Waals surface area (Å²) in [5, 5.41) is 5.28. The lowest BCUT2D eigenvalue weighted by Gasteiger charge is -2.42. The number of aromatic nitrogens is 3. The van der Waals surface area contributed by atoms with E-state index in [4.69, 9.17) is 30.8 Å². The third kappa shape index (κ3) is 6.48. The molecule has 1 saturated carbocycles. The van der Waals surface area contributed by atoms with E-state index in [1.807, 2.05) is 6.07 Å². The number of nitrogens with one attached hydrogen (secondary N) is 1. The van der Waals surface area contributed by atoms with Gasteiger partial charge in [-0.2, -0.15) is 23.1 Å². The standard InChI is InChI=1S/C42H45F5N6O2/c1-3-26-21-52-27(20-48-26)9-6-11-32-34-37(35(44)36(49-32)30-10-5-8-24-14-15-31(43)29(4-2)33(24)30)50-40(51-39(34)52)55-23-41-17-7-19-53(41)28(16-18-41)22-54-38(25-12-13-25)42(45,46)47/h2,5,8,10,14-15,25-28,38,48H,3,6-7,9,11-13,16-23H2,1H3/t26-,27-,28+,38?,41+/m1/s1. The Hall–Kier alpha value is -4.12. The molecular formula is C42H45F5N6O2. The molecule has 55 heavy (non-hydrogen) atoms. The van der Waals surface area contributed by atoms with Crippen molar-refractivity contribution < 1.29 is 31.4 Å². The average Bonchev–Trinajstić information content (AvgIpc) is 3.83. The predicted molar refractivity (Wildman–Crippen MR) is 200 cm³/mol. The monoisotopic (exact) mass is 760 g/mol. The first-order valence-electron chi connectivity index (χ1n) is 19.7. The summed E-state index contributed by atoms with van der Waals surface area (Å²) in [6, 6.07) is 8.46. The summed E-state index contributed by atoms with van der Waals surface area (Å²) < 4.78 is 85.8. The molecule has 3 saturated heterocycles. The first-order chi connectivity index (χ1) is 26.6. The van der Waals surface area contributed by atoms with E-state index >= 15 is 8.78 Å². The summed E-state index contributed by atoms with van der Waals surface area (Å²) in [6.07, 6.45) is 7.09. The lowest BCUT2D eigenvalue weighted by atomic mass is 9.94. The molecule has 5 aliphatic rings. The van der Waals surface area contributed by atoms with Crippen molar-refractivity contribution in [3.63, 3.8) is 0 Å². The summed E-state index contributed by atoms with van der Waals surface area (Å²) >= 11 is 0. The zero-order chi connectivity index (χ0) is 38.1. The van der Waals surface area contributed by atoms with Crippen molar-refractivity contribution in [2.45, 2.75) is 107 Å². The van der Waals surface area contributed by atoms with E-state index in [0.717, 1.165) is 51.6 Å². The van der Waals surface area contributed by atoms with E-state index < -0.39 is 35.4 Å². The number of benzene rings is 2. The number of hydrogen-bond acceptors (Lipinski definition) is 8. The Balaban J connectivity index is 1.11. The molecule has 1 aliphatic carbocycles. The van der Waals surface area contributed by atoms with Gasteiger partial charge < -0.3 is 19.7 Å². The third-order valence-corrected chi connectivity index (χ3v) is 12.8. The van der Waals surface area contributed by atoms with Crippen LogP contribution in [0.5, 0.6) is 6.01 Å². The smallest absolute Gasteiger partial charge is 0.414 e. The molecule has 4 aliphatic heterocycles. The minimum Gasteiger partial charge on any atom is -0.461 e. The van der Waals surface area contributed by atoms with Gasteiger partial charge >= 0.3 is 12.2 Å². The average molecular weight is 761 g/mol. The van der Waals surface area contributed by atoms with Crippen molar-refractivity contribution in [1.29, 1.82) is 0 Å². The summed E-state index contributed by atoms with van der Waals surface area (Å²) in [7, 11) is 0. The highest BCUT2D eigenvalue weighted by molar-refractivity contribution is 6.02. The molecule has 0 bridgehead atoms. The van der Waals surface area contributed by atoms with Gasteiger partial charge in [-0.1, -0.05) is 37.1 Å². The van der Waals surface area contributed by atoms with Crippen LogP contribution in [-0.2, 0) is 11.2 Å². The Kier molecular flexibility index (Phi) is 9.37. The van der Waals surface area contributed by atoms with Crippen LogP contribution in [-0.4, -0.2) is 88.6 Å². The molecule has 13 heteroatoms. The van der Waals surface area contributed by atoms with Gasteiger partial charge in [-0.05, 0) is 88.1 Å². The Bertz CT molecular complexity index is 2170. The van der Waals surface area contributed by atoms with Crippen LogP contribution >= 0.6 is 0 Å². The molecule has 0 spiro atoms. The first kappa shape index (κ1) is 36.5. The number of nitrogens with zero attached hydrogens (tertiary/aromatic N) is 5. The summed E-state index contributed by atoms with van der Waals surface area (Å²) in [5.74, 6) is 1.37. The maximum absolute atomic E-state index is 17.3. The van der Waals surface area contributed by atoms with Crippen LogP contribution < -0.4 is 15.0 Å². The van der Waals surface area contributed by atoms with Crippen LogP contribution in [0, 0.1) is 29.9 Å². The fraction of sp³-hybridized carbons (Fsp3) is 0.548. The quantitative estimate of drug-likeness (QED) is 0.137. The number of terminal acetylenes is 1. The third-order valence-electron chi connectivity index (χ3n) is 12.8. The van der Waals surface area contributed by atoms with Gasteiger partial charge in [0, 0.05) is 42.2 Å². The van der Waals surface area contributed by atoms with E-state index in [1.54, 1.807) is 18.2 Å². The van der Waals surface area contributed by atoms with Crippen LogP contribution in [0.2, 0.25) is 0 Å². The number of piperazine rings is 1. The number of ether oxygens (including phenoxy) is 2. The van der Waals surface area contributed by atoms with Crippen LogP contribution in [0.3, 0.4) is 0 Å². The molecule has 0 amide bonds. The number of alkyl halides is 3. The number of rotatable bonds is 9. The van der Waals surface area contributed by atoms with Crippen molar-refractivity contribution in [3.05, 3.63) is 53.2 Å². The second-order valence-corrected chi connectivity index (χ2v) is 16.1. The topological polar surface area (TPSA) is 75.6 Å². The van der Waals surface area contributed by atoms with Gasteiger partial charge in [-0.25, -0.2) is 13.8 Å². The molecule has 2 aromatic carbocycles. The van der Waals surface area contributed by atoms with E-state index in [9.17, 15) is 13.2 Å². The maximum atomic E-state index is 17.3. The van der Waals surface area contributed by atoms with Crippen LogP contribution in [0.25, 0.3) is 32.9 Å². The summed E-state index contributed by atoms with van der Waals surface area (Å²) in [5.41, 5.74) is 0.793. The van der Waals surface area contributed by atoms with Crippen molar-refractivity contribution in [3.8, 4) is 29.6 Å². The van der Waals surface area contributed by atoms with Crippen LogP contribution in [0.4, 0.5) is 27.8 Å². The molecule has 1 N–H and O–H groups in total. The number of hydrogen-bond donors (Lipinski definition) is 1. The fourth-order valence-corrected chi connectivity index (χ4v) is 9.79. The van der Waals surface area contributed by atoms with Gasteiger partial charge in [0.05, 0.1) is 28.8 Å². The molecule has 5 atom stereocenters. The molecule has 1 unspecified atom stereocenters. The number of pyridine rings is 1. The Morgan fingerprint density at radius 2 is 1.89 bits per heavy atom. The lowest BCUT2D eigenvalue weighted by molar-refractivity contribution is -0.230. The van der Waals surface area contributed by atoms with E-state index in [0.29, 0.717) is 65.5 Å². The van der Waals surface area contributed by atoms with E-state index in [-0.39, 0.29) is 54.1 Å². The largest absolute Gasteiger partial charge is 0.461 e. The second kappa shape index (κ2) is 14.1. The van der Waals surface area contributed by atoms with Crippen LogP contribution in [0.15, 0.2) is 30.3 Å². The maximum Gasteiger partial charge on any atom is 0.414 e. The van der Waals surface area contributed by atoms with Crippen molar-refractivity contribution in [1.82, 2.24) is 25.2 Å². The Labute approximate surface area is 317 Å². The van der Waals surface area contributed by atoms with Crippen molar-refractivity contribution >= 4 is 27.5 Å². The predicted octanol–water partition coefficient (Wildman–Crippen LogP) is 7.73. The number of fused-ring (bicyclic) bond motifs is 4. The fourth-order valence-electron chi connectivity index (χ4n) is 9.79. The molecule has 2 aromatic heterocycles. The Morgan fingerprint density at radius 1 is 1.04 bits per heavy atom. The molecule has 0 radical (unpaired) electrons. The lowest BCUT2D eigenvalue weighted by Crippen LogP contribution is -2.57. The molecule has 290 valence electrons. The zero-order valence-electron chi connectivity index (χ0n) is 30.9. The SMILES string of the molecule is C#Cc1c(F)ccc2cccc(-c3nc4c5c(nc(OC[C@@]67CCCN6[C@H](COC(C6CC6)C(F)(F)F)CC7)nc5c3F)N3C[C@@H](CC)NC[C@H]3CCC4)c12. The number of aryl methyl sites for hydroxylation is 1. The highest BCUT2D eigenvalue weighted by Crippen LogP contribution is 2.46. The zero-order valence-corrected chi connectivity index (χ0v) is 30.9. The van der Waals surface area contributed by atoms with Crippen molar-refractivity contribution in [2.24, 2.45) is 5.92 Å². The molecule has 4 fully saturated rings. The number of anilines is 1. The van der Waals surface area contributed by atoms with Crippen LogP contribution in [0.1, 0.15) is 76.0 Å². The molecule has 4 aromatic rings. The molecule has 9 rings (SSSR count). The van der Waals surface area contributed by atoms with Crippen molar-refractivity contribution in [2.75, 3.05) is 37.7 Å². The highest BCUT2D eigenvalue weighted by Gasteiger charge is 2.53. The van der Waals surface area contributed by atoms with Gasteiger partial charge in [0.2, 0.25) is 0 Å². The van der Waals surface area contributed by atoms with Gasteiger partial charge in [0.15, 0.2) is 11.9 Å². The minimum absolute atomic E-state index is 0.0191. The first-order valence-corrected chi connectivity index (χ1v) is 19.7. The van der Waals surface area contributed by atoms with Gasteiger partial charge in [-0.15, -0.1) is 6.42 Å². The second-order valence-electron chi connectivity index (χ2n) is 16.1. The summed E-state index contributed by atoms with van der Waals surface area (Å²) in [6.45, 7) is 4.53. The Morgan fingerprint density at radius 3 is 2.67 bits per heavy atom. The highest BCUT2D eigenvalue weighted by atomic mass is 19.4. The van der Waals surface area contributed by atoms with E-state index in [2.05, 4.69) is 28.0 Å². The molecular weight excluding hydrogens is 715 g/mol. The normalized spacial score (nSPS) is 26.1. The van der Waals surface area contributed by atoms with E-state index in [1.165, 1.54) is 6.07 Å².